The van der Waals surface area contributed by atoms with Crippen LogP contribution >= 0.6 is 39.0 Å². The Balaban J connectivity index is 1.35. The van der Waals surface area contributed by atoms with E-state index in [9.17, 15) is 9.18 Å². The molecule has 11 heteroatoms. The van der Waals surface area contributed by atoms with E-state index in [4.69, 9.17) is 4.74 Å². The molecule has 0 spiro atoms. The van der Waals surface area contributed by atoms with Crippen LogP contribution in [0.5, 0.6) is 5.75 Å². The molecule has 0 bridgehead atoms. The van der Waals surface area contributed by atoms with E-state index >= 15 is 0 Å². The average molecular weight is 562 g/mol. The number of ether oxygens (including phenoxy) is 1. The zero-order valence-corrected chi connectivity index (χ0v) is 21.6. The van der Waals surface area contributed by atoms with Gasteiger partial charge in [0.05, 0.1) is 11.4 Å². The van der Waals surface area contributed by atoms with Crippen molar-refractivity contribution in [3.8, 4) is 17.0 Å². The first-order chi connectivity index (χ1) is 16.4. The number of anilines is 1. The summed E-state index contributed by atoms with van der Waals surface area (Å²) in [7, 11) is 0. The van der Waals surface area contributed by atoms with Gasteiger partial charge in [0, 0.05) is 22.0 Å². The van der Waals surface area contributed by atoms with Gasteiger partial charge in [0.2, 0.25) is 5.91 Å². The number of benzene rings is 2. The minimum atomic E-state index is -0.395. The second-order valence-corrected chi connectivity index (χ2v) is 9.90. The maximum atomic E-state index is 13.1. The van der Waals surface area contributed by atoms with E-state index in [-0.39, 0.29) is 17.5 Å². The summed E-state index contributed by atoms with van der Waals surface area (Å²) in [4.78, 5) is 17.0. The molecule has 0 aliphatic heterocycles. The highest BCUT2D eigenvalue weighted by Gasteiger charge is 2.20. The van der Waals surface area contributed by atoms with Crippen molar-refractivity contribution < 1.29 is 13.9 Å². The van der Waals surface area contributed by atoms with Gasteiger partial charge in [-0.15, -0.1) is 21.5 Å². The monoisotopic (exact) mass is 561 g/mol. The summed E-state index contributed by atoms with van der Waals surface area (Å²) in [6.45, 7) is 4.44. The molecule has 0 aliphatic carbocycles. The smallest absolute Gasteiger partial charge is 0.236 e. The fraction of sp³-hybridized carbons (Fsp3) is 0.217. The molecule has 0 saturated carbocycles. The highest BCUT2D eigenvalue weighted by atomic mass is 79.9. The summed E-state index contributed by atoms with van der Waals surface area (Å²) in [6, 6.07) is 13.7. The van der Waals surface area contributed by atoms with Gasteiger partial charge in [0.15, 0.2) is 22.2 Å². The molecule has 1 N–H and O–H groups in total. The summed E-state index contributed by atoms with van der Waals surface area (Å²) < 4.78 is 21.9. The first-order valence-electron chi connectivity index (χ1n) is 10.4. The Kier molecular flexibility index (Phi) is 7.96. The lowest BCUT2D eigenvalue weighted by atomic mass is 10.2. The van der Waals surface area contributed by atoms with Crippen molar-refractivity contribution >= 4 is 50.1 Å². The Morgan fingerprint density at radius 2 is 1.94 bits per heavy atom. The Morgan fingerprint density at radius 3 is 2.65 bits per heavy atom. The largest absolute Gasteiger partial charge is 0.483 e. The van der Waals surface area contributed by atoms with Crippen LogP contribution < -0.4 is 10.1 Å². The quantitative estimate of drug-likeness (QED) is 0.245. The number of carbonyl (C=O) groups is 1. The Hall–Kier alpha value is -2.76. The summed E-state index contributed by atoms with van der Waals surface area (Å²) >= 11 is 6.09. The third-order valence-electron chi connectivity index (χ3n) is 4.77. The maximum absolute atomic E-state index is 13.1. The number of nitrogens with one attached hydrogen (secondary N) is 1. The molecule has 1 atom stereocenters. The minimum Gasteiger partial charge on any atom is -0.483 e. The van der Waals surface area contributed by atoms with Gasteiger partial charge in [0.25, 0.3) is 0 Å². The lowest BCUT2D eigenvalue weighted by molar-refractivity contribution is -0.113. The normalized spacial score (nSPS) is 11.9. The van der Waals surface area contributed by atoms with Crippen molar-refractivity contribution in [2.24, 2.45) is 0 Å². The summed E-state index contributed by atoms with van der Waals surface area (Å²) in [6.07, 6.45) is -0.395. The van der Waals surface area contributed by atoms with Crippen LogP contribution in [0, 0.1) is 5.82 Å². The van der Waals surface area contributed by atoms with Crippen LogP contribution in [0.15, 0.2) is 63.5 Å². The standard InChI is InChI=1S/C23H21BrFN5O2S2/c1-3-30-21(14(2)32-18-10-8-17(25)9-11-18)28-29-23(30)34-13-20(31)27-22-26-19(12-33-22)15-4-6-16(24)7-5-15/h4-12,14H,3,13H2,1-2H3,(H,26,27,31). The molecular weight excluding hydrogens is 541 g/mol. The Morgan fingerprint density at radius 1 is 1.21 bits per heavy atom. The van der Waals surface area contributed by atoms with Crippen LogP contribution in [0.2, 0.25) is 0 Å². The summed E-state index contributed by atoms with van der Waals surface area (Å²) in [5, 5.41) is 14.4. The fourth-order valence-corrected chi connectivity index (χ4v) is 4.95. The summed E-state index contributed by atoms with van der Waals surface area (Å²) in [5.74, 6) is 0.840. The molecule has 1 amide bonds. The number of thiazole rings is 1. The fourth-order valence-electron chi connectivity index (χ4n) is 3.14. The van der Waals surface area contributed by atoms with Crippen LogP contribution in [-0.2, 0) is 11.3 Å². The predicted molar refractivity (Wildman–Crippen MR) is 136 cm³/mol. The SMILES string of the molecule is CCn1c(SCC(=O)Nc2nc(-c3ccc(Br)cc3)cs2)nnc1C(C)Oc1ccc(F)cc1. The predicted octanol–water partition coefficient (Wildman–Crippen LogP) is 6.19. The van der Waals surface area contributed by atoms with E-state index in [1.54, 1.807) is 12.1 Å². The molecule has 4 aromatic rings. The number of nitrogens with zero attached hydrogens (tertiary/aromatic N) is 4. The van der Waals surface area contributed by atoms with Crippen LogP contribution in [0.1, 0.15) is 25.8 Å². The van der Waals surface area contributed by atoms with Crippen molar-refractivity contribution in [3.05, 3.63) is 70.0 Å². The molecule has 2 aromatic carbocycles. The van der Waals surface area contributed by atoms with Crippen molar-refractivity contribution in [1.82, 2.24) is 19.7 Å². The third kappa shape index (κ3) is 6.02. The van der Waals surface area contributed by atoms with Crippen molar-refractivity contribution in [2.45, 2.75) is 31.7 Å². The first-order valence-corrected chi connectivity index (χ1v) is 13.1. The molecular formula is C23H21BrFN5O2S2. The van der Waals surface area contributed by atoms with Gasteiger partial charge in [-0.05, 0) is 50.2 Å². The number of amides is 1. The first kappa shape index (κ1) is 24.4. The Bertz CT molecular complexity index is 1260. The van der Waals surface area contributed by atoms with Crippen LogP contribution in [-0.4, -0.2) is 31.4 Å². The van der Waals surface area contributed by atoms with E-state index in [1.807, 2.05) is 48.1 Å². The van der Waals surface area contributed by atoms with E-state index in [2.05, 4.69) is 36.4 Å². The molecule has 1 unspecified atom stereocenters. The second-order valence-electron chi connectivity index (χ2n) is 7.18. The lowest BCUT2D eigenvalue weighted by Gasteiger charge is -2.15. The summed E-state index contributed by atoms with van der Waals surface area (Å²) in [5.41, 5.74) is 1.79. The molecule has 34 heavy (non-hydrogen) atoms. The molecule has 2 aromatic heterocycles. The van der Waals surface area contributed by atoms with E-state index in [0.29, 0.717) is 28.4 Å². The number of hydrogen-bond acceptors (Lipinski definition) is 7. The van der Waals surface area contributed by atoms with Crippen LogP contribution in [0.25, 0.3) is 11.3 Å². The number of thioether (sulfide) groups is 1. The molecule has 0 radical (unpaired) electrons. The molecule has 176 valence electrons. The van der Waals surface area contributed by atoms with Gasteiger partial charge in [-0.3, -0.25) is 4.79 Å². The van der Waals surface area contributed by atoms with Crippen molar-refractivity contribution in [2.75, 3.05) is 11.1 Å². The molecule has 0 saturated heterocycles. The van der Waals surface area contributed by atoms with Crippen molar-refractivity contribution in [1.29, 1.82) is 0 Å². The molecule has 0 fully saturated rings. The minimum absolute atomic E-state index is 0.165. The van der Waals surface area contributed by atoms with Gasteiger partial charge in [-0.1, -0.05) is 39.8 Å². The Labute approximate surface area is 212 Å². The molecule has 4 rings (SSSR count). The number of halogens is 2. The van der Waals surface area contributed by atoms with Crippen LogP contribution in [0.3, 0.4) is 0 Å². The highest BCUT2D eigenvalue weighted by molar-refractivity contribution is 9.10. The second kappa shape index (κ2) is 11.1. The maximum Gasteiger partial charge on any atom is 0.236 e. The third-order valence-corrected chi connectivity index (χ3v) is 7.03. The van der Waals surface area contributed by atoms with Gasteiger partial charge in [-0.25, -0.2) is 9.37 Å². The average Bonchev–Trinajstić information content (AvgIpc) is 3.46. The van der Waals surface area contributed by atoms with Gasteiger partial charge in [0.1, 0.15) is 11.6 Å². The lowest BCUT2D eigenvalue weighted by Crippen LogP contribution is -2.15. The number of hydrogen-bond donors (Lipinski definition) is 1. The number of carbonyl (C=O) groups excluding carboxylic acids is 1. The molecule has 7 nitrogen and oxygen atoms in total. The van der Waals surface area contributed by atoms with Gasteiger partial charge < -0.3 is 14.6 Å². The highest BCUT2D eigenvalue weighted by Crippen LogP contribution is 2.27. The number of rotatable bonds is 9. The van der Waals surface area contributed by atoms with Crippen molar-refractivity contribution in [3.63, 3.8) is 0 Å². The zero-order valence-electron chi connectivity index (χ0n) is 18.4. The topological polar surface area (TPSA) is 81.9 Å². The zero-order chi connectivity index (χ0) is 24.1. The van der Waals surface area contributed by atoms with E-state index in [0.717, 1.165) is 15.7 Å². The molecule has 2 heterocycles. The number of aromatic nitrogens is 4. The van der Waals surface area contributed by atoms with Gasteiger partial charge in [-0.2, -0.15) is 0 Å². The van der Waals surface area contributed by atoms with E-state index < -0.39 is 6.10 Å². The van der Waals surface area contributed by atoms with Gasteiger partial charge >= 0.3 is 0 Å². The van der Waals surface area contributed by atoms with Crippen LogP contribution in [0.4, 0.5) is 9.52 Å². The van der Waals surface area contributed by atoms with E-state index in [1.165, 1.54) is 35.2 Å². The molecule has 0 aliphatic rings.